The second-order valence-corrected chi connectivity index (χ2v) is 4.71. The highest BCUT2D eigenvalue weighted by atomic mass is 35.5. The molecular formula is C16H21ClN2O3. The summed E-state index contributed by atoms with van der Waals surface area (Å²) >= 11 is 0. The number of furan rings is 1. The van der Waals surface area contributed by atoms with Gasteiger partial charge in [-0.1, -0.05) is 12.1 Å². The number of ether oxygens (including phenoxy) is 1. The van der Waals surface area contributed by atoms with Crippen LogP contribution in [0.3, 0.4) is 0 Å². The molecule has 120 valence electrons. The van der Waals surface area contributed by atoms with Crippen molar-refractivity contribution in [1.82, 2.24) is 5.32 Å². The van der Waals surface area contributed by atoms with Gasteiger partial charge in [-0.15, -0.1) is 12.4 Å². The van der Waals surface area contributed by atoms with Crippen molar-refractivity contribution in [3.05, 3.63) is 53.5 Å². The van der Waals surface area contributed by atoms with Gasteiger partial charge < -0.3 is 20.2 Å². The summed E-state index contributed by atoms with van der Waals surface area (Å²) in [7, 11) is 1.65. The Balaban J connectivity index is 0.00000242. The molecule has 6 heteroatoms. The molecule has 0 aliphatic heterocycles. The Morgan fingerprint density at radius 1 is 1.32 bits per heavy atom. The van der Waals surface area contributed by atoms with Gasteiger partial charge in [0.2, 0.25) is 0 Å². The molecule has 2 rings (SSSR count). The number of aryl methyl sites for hydroxylation is 1. The molecule has 22 heavy (non-hydrogen) atoms. The van der Waals surface area contributed by atoms with E-state index in [-0.39, 0.29) is 18.3 Å². The lowest BCUT2D eigenvalue weighted by atomic mass is 10.1. The molecule has 1 aromatic heterocycles. The topological polar surface area (TPSA) is 77.5 Å². The first kappa shape index (κ1) is 18.1. The Bertz CT molecular complexity index is 581. The molecular weight excluding hydrogens is 304 g/mol. The number of nitrogens with two attached hydrogens (primary N) is 1. The lowest BCUT2D eigenvalue weighted by molar-refractivity contribution is 0.0952. The van der Waals surface area contributed by atoms with Crippen molar-refractivity contribution >= 4 is 18.3 Å². The molecule has 0 aliphatic carbocycles. The maximum atomic E-state index is 11.8. The van der Waals surface area contributed by atoms with Crippen LogP contribution >= 0.6 is 12.4 Å². The van der Waals surface area contributed by atoms with Gasteiger partial charge in [0.05, 0.1) is 19.2 Å². The minimum atomic E-state index is -0.131. The molecule has 0 aliphatic rings. The fourth-order valence-electron chi connectivity index (χ4n) is 2.00. The molecule has 0 bridgehead atoms. The summed E-state index contributed by atoms with van der Waals surface area (Å²) in [5, 5.41) is 2.86. The zero-order chi connectivity index (χ0) is 15.1. The number of carbonyl (C=O) groups is 1. The molecule has 0 saturated carbocycles. The van der Waals surface area contributed by atoms with Gasteiger partial charge in [-0.25, -0.2) is 0 Å². The van der Waals surface area contributed by atoms with Crippen molar-refractivity contribution < 1.29 is 13.9 Å². The van der Waals surface area contributed by atoms with Crippen LogP contribution in [0.25, 0.3) is 0 Å². The van der Waals surface area contributed by atoms with E-state index in [0.717, 1.165) is 18.6 Å². The predicted molar refractivity (Wildman–Crippen MR) is 87.5 cm³/mol. The highest BCUT2D eigenvalue weighted by molar-refractivity contribution is 5.93. The number of hydrogen-bond donors (Lipinski definition) is 2. The smallest absolute Gasteiger partial charge is 0.254 e. The van der Waals surface area contributed by atoms with E-state index in [1.807, 2.05) is 24.3 Å². The summed E-state index contributed by atoms with van der Waals surface area (Å²) in [5.41, 5.74) is 7.17. The van der Waals surface area contributed by atoms with Crippen LogP contribution in [0.4, 0.5) is 0 Å². The molecule has 5 nitrogen and oxygen atoms in total. The Morgan fingerprint density at radius 3 is 2.64 bits per heavy atom. The third-order valence-electron chi connectivity index (χ3n) is 3.20. The molecule has 3 N–H and O–H groups in total. The standard InChI is InChI=1S/C16H20N2O3.ClH/c1-20-14-6-4-12(5-7-14)3-2-8-18-16(19)13-9-15(10-17)21-11-13;/h4-7,9,11H,2-3,8,10,17H2,1H3,(H,18,19);1H. The van der Waals surface area contributed by atoms with Crippen molar-refractivity contribution in [1.29, 1.82) is 0 Å². The number of methoxy groups -OCH3 is 1. The van der Waals surface area contributed by atoms with Crippen molar-refractivity contribution in [3.8, 4) is 5.75 Å². The second kappa shape index (κ2) is 9.12. The molecule has 0 spiro atoms. The van der Waals surface area contributed by atoms with Crippen LogP contribution in [0.1, 0.15) is 28.1 Å². The Kier molecular flexibility index (Phi) is 7.49. The predicted octanol–water partition coefficient (Wildman–Crippen LogP) is 2.53. The maximum Gasteiger partial charge on any atom is 0.254 e. The maximum absolute atomic E-state index is 11.8. The van der Waals surface area contributed by atoms with Crippen molar-refractivity contribution in [3.63, 3.8) is 0 Å². The van der Waals surface area contributed by atoms with Crippen molar-refractivity contribution in [2.75, 3.05) is 13.7 Å². The number of nitrogens with one attached hydrogen (secondary N) is 1. The van der Waals surface area contributed by atoms with Gasteiger partial charge >= 0.3 is 0 Å². The SMILES string of the molecule is COc1ccc(CCCNC(=O)c2coc(CN)c2)cc1.Cl. The number of hydrogen-bond acceptors (Lipinski definition) is 4. The first-order valence-corrected chi connectivity index (χ1v) is 6.91. The zero-order valence-corrected chi connectivity index (χ0v) is 13.3. The fraction of sp³-hybridized carbons (Fsp3) is 0.312. The minimum absolute atomic E-state index is 0. The van der Waals surface area contributed by atoms with Gasteiger partial charge in [-0.05, 0) is 36.6 Å². The van der Waals surface area contributed by atoms with Crippen molar-refractivity contribution in [2.24, 2.45) is 5.73 Å². The van der Waals surface area contributed by atoms with E-state index in [1.165, 1.54) is 11.8 Å². The number of halogens is 1. The lowest BCUT2D eigenvalue weighted by Crippen LogP contribution is -2.24. The summed E-state index contributed by atoms with van der Waals surface area (Å²) in [5.74, 6) is 1.33. The van der Waals surface area contributed by atoms with E-state index in [4.69, 9.17) is 14.9 Å². The van der Waals surface area contributed by atoms with Crippen LogP contribution in [-0.4, -0.2) is 19.6 Å². The third-order valence-corrected chi connectivity index (χ3v) is 3.20. The molecule has 0 saturated heterocycles. The molecule has 1 amide bonds. The summed E-state index contributed by atoms with van der Waals surface area (Å²) in [6.07, 6.45) is 3.21. The number of rotatable bonds is 7. The summed E-state index contributed by atoms with van der Waals surface area (Å²) in [6, 6.07) is 9.61. The molecule has 1 aromatic carbocycles. The van der Waals surface area contributed by atoms with Gasteiger partial charge in [-0.2, -0.15) is 0 Å². The molecule has 0 unspecified atom stereocenters. The largest absolute Gasteiger partial charge is 0.497 e. The van der Waals surface area contributed by atoms with E-state index in [0.29, 0.717) is 24.4 Å². The second-order valence-electron chi connectivity index (χ2n) is 4.71. The normalized spacial score (nSPS) is 9.91. The molecule has 1 heterocycles. The van der Waals surface area contributed by atoms with Gasteiger partial charge in [-0.3, -0.25) is 4.79 Å². The van der Waals surface area contributed by atoms with E-state index >= 15 is 0 Å². The fourth-order valence-corrected chi connectivity index (χ4v) is 2.00. The van der Waals surface area contributed by atoms with Gasteiger partial charge in [0.1, 0.15) is 17.8 Å². The first-order valence-electron chi connectivity index (χ1n) is 6.91. The Labute approximate surface area is 136 Å². The summed E-state index contributed by atoms with van der Waals surface area (Å²) < 4.78 is 10.2. The average Bonchev–Trinajstić information content (AvgIpc) is 3.01. The molecule has 0 radical (unpaired) electrons. The first-order chi connectivity index (χ1) is 10.2. The Morgan fingerprint density at radius 2 is 2.05 bits per heavy atom. The zero-order valence-electron chi connectivity index (χ0n) is 12.5. The lowest BCUT2D eigenvalue weighted by Gasteiger charge is -2.05. The van der Waals surface area contributed by atoms with Gasteiger partial charge in [0, 0.05) is 6.54 Å². The van der Waals surface area contributed by atoms with Gasteiger partial charge in [0.15, 0.2) is 0 Å². The number of amides is 1. The number of benzene rings is 1. The highest BCUT2D eigenvalue weighted by Crippen LogP contribution is 2.12. The van der Waals surface area contributed by atoms with Crippen LogP contribution in [0, 0.1) is 0 Å². The van der Waals surface area contributed by atoms with E-state index in [1.54, 1.807) is 13.2 Å². The summed E-state index contributed by atoms with van der Waals surface area (Å²) in [4.78, 5) is 11.8. The van der Waals surface area contributed by atoms with E-state index < -0.39 is 0 Å². The minimum Gasteiger partial charge on any atom is -0.497 e. The van der Waals surface area contributed by atoms with Crippen LogP contribution in [0.5, 0.6) is 5.75 Å². The van der Waals surface area contributed by atoms with Crippen molar-refractivity contribution in [2.45, 2.75) is 19.4 Å². The van der Waals surface area contributed by atoms with Crippen LogP contribution in [0.15, 0.2) is 41.0 Å². The third kappa shape index (κ3) is 5.09. The van der Waals surface area contributed by atoms with Crippen LogP contribution < -0.4 is 15.8 Å². The van der Waals surface area contributed by atoms with E-state index in [9.17, 15) is 4.79 Å². The molecule has 0 fully saturated rings. The quantitative estimate of drug-likeness (QED) is 0.767. The monoisotopic (exact) mass is 324 g/mol. The van der Waals surface area contributed by atoms with Crippen LogP contribution in [0.2, 0.25) is 0 Å². The highest BCUT2D eigenvalue weighted by Gasteiger charge is 2.08. The van der Waals surface area contributed by atoms with Crippen LogP contribution in [-0.2, 0) is 13.0 Å². The molecule has 0 atom stereocenters. The number of carbonyl (C=O) groups excluding carboxylic acids is 1. The Hall–Kier alpha value is -1.98. The average molecular weight is 325 g/mol. The molecule has 2 aromatic rings. The summed E-state index contributed by atoms with van der Waals surface area (Å²) in [6.45, 7) is 0.915. The van der Waals surface area contributed by atoms with E-state index in [2.05, 4.69) is 5.32 Å². The van der Waals surface area contributed by atoms with Gasteiger partial charge in [0.25, 0.3) is 5.91 Å².